The molecule has 0 atom stereocenters. The number of rotatable bonds is 4. The third-order valence-corrected chi connectivity index (χ3v) is 2.09. The molecule has 1 aromatic rings. The Hall–Kier alpha value is -2.09. The van der Waals surface area contributed by atoms with Gasteiger partial charge in [-0.2, -0.15) is 0 Å². The first-order valence-corrected chi connectivity index (χ1v) is 4.86. The Morgan fingerprint density at radius 3 is 2.69 bits per heavy atom. The van der Waals surface area contributed by atoms with Crippen molar-refractivity contribution in [3.05, 3.63) is 66.8 Å². The smallest absolute Gasteiger partial charge is 0.337 e. The van der Waals surface area contributed by atoms with Gasteiger partial charge in [-0.15, -0.1) is 0 Å². The first kappa shape index (κ1) is 12.0. The van der Waals surface area contributed by atoms with E-state index >= 15 is 0 Å². The monoisotopic (exact) mass is 214 g/mol. The molecule has 0 aliphatic rings. The first-order chi connectivity index (χ1) is 7.69. The van der Waals surface area contributed by atoms with Crippen molar-refractivity contribution in [2.24, 2.45) is 0 Å². The summed E-state index contributed by atoms with van der Waals surface area (Å²) in [4.78, 5) is 11.3. The lowest BCUT2D eigenvalue weighted by Gasteiger charge is -2.03. The van der Waals surface area contributed by atoms with E-state index in [0.717, 1.165) is 11.1 Å². The average Bonchev–Trinajstić information content (AvgIpc) is 2.35. The number of benzene rings is 1. The van der Waals surface area contributed by atoms with E-state index in [1.165, 1.54) is 7.11 Å². The van der Waals surface area contributed by atoms with E-state index in [1.807, 2.05) is 12.1 Å². The highest BCUT2D eigenvalue weighted by molar-refractivity contribution is 5.90. The van der Waals surface area contributed by atoms with Crippen LogP contribution in [0.5, 0.6) is 0 Å². The van der Waals surface area contributed by atoms with Crippen LogP contribution < -0.4 is 0 Å². The standard InChI is InChI=1S/C14H14O2/c1-4-5-7-11(2)12-8-6-9-13(10-12)14(15)16-3/h4-10H,1-2H2,3H3/b7-5-. The molecule has 0 amide bonds. The topological polar surface area (TPSA) is 26.3 Å². The van der Waals surface area contributed by atoms with E-state index in [4.69, 9.17) is 0 Å². The number of hydrogen-bond acceptors (Lipinski definition) is 2. The lowest BCUT2D eigenvalue weighted by molar-refractivity contribution is 0.0600. The molecule has 16 heavy (non-hydrogen) atoms. The maximum absolute atomic E-state index is 11.3. The van der Waals surface area contributed by atoms with Crippen molar-refractivity contribution in [3.63, 3.8) is 0 Å². The Kier molecular flexibility index (Phi) is 4.28. The third-order valence-electron chi connectivity index (χ3n) is 2.09. The van der Waals surface area contributed by atoms with E-state index in [9.17, 15) is 4.79 Å². The number of hydrogen-bond donors (Lipinski definition) is 0. The first-order valence-electron chi connectivity index (χ1n) is 4.86. The van der Waals surface area contributed by atoms with Gasteiger partial charge in [0.25, 0.3) is 0 Å². The summed E-state index contributed by atoms with van der Waals surface area (Å²) in [6.07, 6.45) is 5.31. The zero-order chi connectivity index (χ0) is 12.0. The molecule has 82 valence electrons. The zero-order valence-electron chi connectivity index (χ0n) is 9.27. The predicted octanol–water partition coefficient (Wildman–Crippen LogP) is 3.23. The predicted molar refractivity (Wildman–Crippen MR) is 66.2 cm³/mol. The quantitative estimate of drug-likeness (QED) is 0.568. The molecule has 0 heterocycles. The molecule has 0 aliphatic carbocycles. The van der Waals surface area contributed by atoms with Gasteiger partial charge in [0.1, 0.15) is 0 Å². The molecule has 0 radical (unpaired) electrons. The molecule has 0 aromatic heterocycles. The van der Waals surface area contributed by atoms with E-state index in [0.29, 0.717) is 5.56 Å². The molecule has 0 unspecified atom stereocenters. The van der Waals surface area contributed by atoms with E-state index < -0.39 is 0 Å². The minimum atomic E-state index is -0.345. The minimum absolute atomic E-state index is 0.345. The number of carbonyl (C=O) groups excluding carboxylic acids is 1. The van der Waals surface area contributed by atoms with Crippen LogP contribution in [-0.4, -0.2) is 13.1 Å². The van der Waals surface area contributed by atoms with Crippen molar-refractivity contribution in [2.75, 3.05) is 7.11 Å². The second kappa shape index (κ2) is 5.71. The highest BCUT2D eigenvalue weighted by Crippen LogP contribution is 2.16. The summed E-state index contributed by atoms with van der Waals surface area (Å²) in [5.74, 6) is -0.345. The number of ether oxygens (including phenoxy) is 1. The van der Waals surface area contributed by atoms with Crippen LogP contribution >= 0.6 is 0 Å². The van der Waals surface area contributed by atoms with Gasteiger partial charge < -0.3 is 4.74 Å². The van der Waals surface area contributed by atoms with Crippen LogP contribution in [0.4, 0.5) is 0 Å². The molecule has 0 bridgehead atoms. The van der Waals surface area contributed by atoms with Crippen molar-refractivity contribution in [2.45, 2.75) is 0 Å². The van der Waals surface area contributed by atoms with Crippen molar-refractivity contribution in [3.8, 4) is 0 Å². The molecule has 0 fully saturated rings. The van der Waals surface area contributed by atoms with Gasteiger partial charge in [-0.3, -0.25) is 0 Å². The van der Waals surface area contributed by atoms with Crippen LogP contribution in [0.15, 0.2) is 55.7 Å². The number of esters is 1. The summed E-state index contributed by atoms with van der Waals surface area (Å²) >= 11 is 0. The Morgan fingerprint density at radius 1 is 1.38 bits per heavy atom. The van der Waals surface area contributed by atoms with Crippen LogP contribution in [0.3, 0.4) is 0 Å². The van der Waals surface area contributed by atoms with Crippen molar-refractivity contribution in [1.82, 2.24) is 0 Å². The SMILES string of the molecule is C=C/C=C\C(=C)c1cccc(C(=O)OC)c1. The van der Waals surface area contributed by atoms with Gasteiger partial charge in [-0.25, -0.2) is 4.79 Å². The van der Waals surface area contributed by atoms with Gasteiger partial charge in [-0.1, -0.05) is 43.5 Å². The molecule has 0 spiro atoms. The van der Waals surface area contributed by atoms with Gasteiger partial charge in [0.2, 0.25) is 0 Å². The molecule has 0 saturated heterocycles. The molecular formula is C14H14O2. The molecule has 1 rings (SSSR count). The maximum atomic E-state index is 11.3. The van der Waals surface area contributed by atoms with Gasteiger partial charge in [-0.05, 0) is 23.3 Å². The Morgan fingerprint density at radius 2 is 2.06 bits per heavy atom. The van der Waals surface area contributed by atoms with Crippen LogP contribution in [0.25, 0.3) is 5.57 Å². The summed E-state index contributed by atoms with van der Waals surface area (Å²) in [5, 5.41) is 0. The van der Waals surface area contributed by atoms with Crippen LogP contribution in [-0.2, 0) is 4.74 Å². The van der Waals surface area contributed by atoms with Crippen molar-refractivity contribution < 1.29 is 9.53 Å². The van der Waals surface area contributed by atoms with Gasteiger partial charge in [0.05, 0.1) is 12.7 Å². The number of methoxy groups -OCH3 is 1. The highest BCUT2D eigenvalue weighted by atomic mass is 16.5. The van der Waals surface area contributed by atoms with E-state index in [-0.39, 0.29) is 5.97 Å². The van der Waals surface area contributed by atoms with Crippen LogP contribution in [0.1, 0.15) is 15.9 Å². The Labute approximate surface area is 95.6 Å². The fourth-order valence-corrected chi connectivity index (χ4v) is 1.24. The maximum Gasteiger partial charge on any atom is 0.337 e. The fourth-order valence-electron chi connectivity index (χ4n) is 1.24. The third kappa shape index (κ3) is 2.95. The summed E-state index contributed by atoms with van der Waals surface area (Å²) in [6.45, 7) is 7.49. The van der Waals surface area contributed by atoms with Crippen LogP contribution in [0.2, 0.25) is 0 Å². The lowest BCUT2D eigenvalue weighted by Crippen LogP contribution is -2.01. The molecule has 0 saturated carbocycles. The van der Waals surface area contributed by atoms with Gasteiger partial charge >= 0.3 is 5.97 Å². The molecule has 1 aromatic carbocycles. The van der Waals surface area contributed by atoms with E-state index in [2.05, 4.69) is 17.9 Å². The average molecular weight is 214 g/mol. The fraction of sp³-hybridized carbons (Fsp3) is 0.0714. The normalized spacial score (nSPS) is 10.1. The van der Waals surface area contributed by atoms with Gasteiger partial charge in [0.15, 0.2) is 0 Å². The minimum Gasteiger partial charge on any atom is -0.465 e. The lowest BCUT2D eigenvalue weighted by atomic mass is 10.0. The zero-order valence-corrected chi connectivity index (χ0v) is 9.27. The summed E-state index contributed by atoms with van der Waals surface area (Å²) in [7, 11) is 1.36. The second-order valence-corrected chi connectivity index (χ2v) is 3.19. The van der Waals surface area contributed by atoms with Crippen molar-refractivity contribution >= 4 is 11.5 Å². The summed E-state index contributed by atoms with van der Waals surface area (Å²) in [6, 6.07) is 7.15. The largest absolute Gasteiger partial charge is 0.465 e. The number of carbonyl (C=O) groups is 1. The summed E-state index contributed by atoms with van der Waals surface area (Å²) < 4.78 is 4.65. The Balaban J connectivity index is 2.98. The summed E-state index contributed by atoms with van der Waals surface area (Å²) in [5.41, 5.74) is 2.24. The Bertz CT molecular complexity index is 442. The number of allylic oxidation sites excluding steroid dienone is 4. The van der Waals surface area contributed by atoms with Gasteiger partial charge in [0, 0.05) is 0 Å². The molecule has 0 aliphatic heterocycles. The van der Waals surface area contributed by atoms with Crippen LogP contribution in [0, 0.1) is 0 Å². The highest BCUT2D eigenvalue weighted by Gasteiger charge is 2.05. The molecule has 2 heteroatoms. The van der Waals surface area contributed by atoms with E-state index in [1.54, 1.807) is 30.4 Å². The molecule has 0 N–H and O–H groups in total. The second-order valence-electron chi connectivity index (χ2n) is 3.19. The molecule has 2 nitrogen and oxygen atoms in total. The molecular weight excluding hydrogens is 200 g/mol. The van der Waals surface area contributed by atoms with Crippen molar-refractivity contribution in [1.29, 1.82) is 0 Å².